The molecule has 1 unspecified atom stereocenters. The molecule has 0 spiro atoms. The zero-order chi connectivity index (χ0) is 19.1. The number of piperidine rings is 1. The molecule has 0 bridgehead atoms. The lowest BCUT2D eigenvalue weighted by molar-refractivity contribution is 0.0570. The number of rotatable bonds is 7. The van der Waals surface area contributed by atoms with Gasteiger partial charge in [-0.25, -0.2) is 4.98 Å². The predicted molar refractivity (Wildman–Crippen MR) is 108 cm³/mol. The van der Waals surface area contributed by atoms with Crippen molar-refractivity contribution in [3.8, 4) is 0 Å². The molecule has 5 heteroatoms. The molecule has 0 aliphatic carbocycles. The van der Waals surface area contributed by atoms with E-state index in [1.807, 2.05) is 30.1 Å². The number of aromatic nitrogens is 1. The Labute approximate surface area is 162 Å². The van der Waals surface area contributed by atoms with Gasteiger partial charge in [0.15, 0.2) is 0 Å². The molecule has 2 aromatic rings. The molecule has 1 aromatic heterocycles. The topological polar surface area (TPSA) is 45.7 Å². The third kappa shape index (κ3) is 5.30. The molecule has 0 N–H and O–H groups in total. The molecule has 5 nitrogen and oxygen atoms in total. The summed E-state index contributed by atoms with van der Waals surface area (Å²) in [5, 5.41) is 0. The molecule has 3 rings (SSSR count). The van der Waals surface area contributed by atoms with E-state index in [0.29, 0.717) is 18.1 Å². The van der Waals surface area contributed by atoms with Gasteiger partial charge in [0.2, 0.25) is 0 Å². The number of hydrogen-bond donors (Lipinski definition) is 0. The number of benzene rings is 1. The molecule has 2 heterocycles. The van der Waals surface area contributed by atoms with Crippen LogP contribution in [0.25, 0.3) is 0 Å². The number of carbonyl (C=O) groups excluding carboxylic acids is 1. The largest absolute Gasteiger partial charge is 0.384 e. The molecular weight excluding hydrogens is 338 g/mol. The molecule has 1 aliphatic rings. The SMILES string of the molecule is COCC1CCCN(C(=O)c2ccc(N(C)CCc3ccccc3)nc2)C1. The average molecular weight is 367 g/mol. The number of likely N-dealkylation sites (N-methyl/N-ethyl adjacent to an activating group) is 1. The van der Waals surface area contributed by atoms with E-state index in [2.05, 4.69) is 34.1 Å². The van der Waals surface area contributed by atoms with Crippen LogP contribution >= 0.6 is 0 Å². The van der Waals surface area contributed by atoms with Crippen LogP contribution in [0.2, 0.25) is 0 Å². The fourth-order valence-corrected chi connectivity index (χ4v) is 3.60. The van der Waals surface area contributed by atoms with E-state index in [9.17, 15) is 4.79 Å². The van der Waals surface area contributed by atoms with Crippen molar-refractivity contribution in [2.24, 2.45) is 5.92 Å². The van der Waals surface area contributed by atoms with Crippen LogP contribution < -0.4 is 4.90 Å². The Bertz CT molecular complexity index is 716. The van der Waals surface area contributed by atoms with Crippen LogP contribution in [0.5, 0.6) is 0 Å². The number of anilines is 1. The summed E-state index contributed by atoms with van der Waals surface area (Å²) in [4.78, 5) is 21.3. The zero-order valence-corrected chi connectivity index (χ0v) is 16.3. The monoisotopic (exact) mass is 367 g/mol. The normalized spacial score (nSPS) is 17.0. The van der Waals surface area contributed by atoms with Gasteiger partial charge in [-0.05, 0) is 42.9 Å². The first-order valence-electron chi connectivity index (χ1n) is 9.66. The first-order valence-corrected chi connectivity index (χ1v) is 9.66. The van der Waals surface area contributed by atoms with E-state index in [4.69, 9.17) is 4.74 Å². The number of carbonyl (C=O) groups is 1. The maximum Gasteiger partial charge on any atom is 0.255 e. The van der Waals surface area contributed by atoms with Gasteiger partial charge in [0.05, 0.1) is 12.2 Å². The van der Waals surface area contributed by atoms with Crippen LogP contribution in [0, 0.1) is 5.92 Å². The van der Waals surface area contributed by atoms with E-state index in [1.165, 1.54) is 5.56 Å². The van der Waals surface area contributed by atoms with E-state index < -0.39 is 0 Å². The Morgan fingerprint density at radius 2 is 2.07 bits per heavy atom. The Kier molecular flexibility index (Phi) is 6.82. The Morgan fingerprint density at radius 1 is 1.26 bits per heavy atom. The van der Waals surface area contributed by atoms with Crippen molar-refractivity contribution in [1.82, 2.24) is 9.88 Å². The van der Waals surface area contributed by atoms with Gasteiger partial charge in [0.25, 0.3) is 5.91 Å². The number of amides is 1. The van der Waals surface area contributed by atoms with Crippen LogP contribution in [0.1, 0.15) is 28.8 Å². The van der Waals surface area contributed by atoms with Crippen molar-refractivity contribution in [3.63, 3.8) is 0 Å². The van der Waals surface area contributed by atoms with Gasteiger partial charge < -0.3 is 14.5 Å². The second-order valence-corrected chi connectivity index (χ2v) is 7.28. The Hall–Kier alpha value is -2.40. The highest BCUT2D eigenvalue weighted by atomic mass is 16.5. The highest BCUT2D eigenvalue weighted by Gasteiger charge is 2.24. The molecule has 144 valence electrons. The number of likely N-dealkylation sites (tertiary alicyclic amines) is 1. The molecule has 27 heavy (non-hydrogen) atoms. The summed E-state index contributed by atoms with van der Waals surface area (Å²) in [6.45, 7) is 3.19. The second-order valence-electron chi connectivity index (χ2n) is 7.28. The molecule has 1 saturated heterocycles. The van der Waals surface area contributed by atoms with Crippen LogP contribution in [0.4, 0.5) is 5.82 Å². The van der Waals surface area contributed by atoms with Crippen LogP contribution in [0.15, 0.2) is 48.7 Å². The maximum absolute atomic E-state index is 12.8. The zero-order valence-electron chi connectivity index (χ0n) is 16.3. The van der Waals surface area contributed by atoms with Gasteiger partial charge in [-0.1, -0.05) is 30.3 Å². The minimum atomic E-state index is 0.0711. The van der Waals surface area contributed by atoms with Gasteiger partial charge in [-0.2, -0.15) is 0 Å². The van der Waals surface area contributed by atoms with E-state index in [-0.39, 0.29) is 5.91 Å². The number of ether oxygens (including phenoxy) is 1. The molecule has 1 fully saturated rings. The highest BCUT2D eigenvalue weighted by Crippen LogP contribution is 2.19. The summed E-state index contributed by atoms with van der Waals surface area (Å²) in [6, 6.07) is 14.3. The smallest absolute Gasteiger partial charge is 0.255 e. The van der Waals surface area contributed by atoms with Gasteiger partial charge in [0, 0.05) is 40.0 Å². The van der Waals surface area contributed by atoms with E-state index in [1.54, 1.807) is 13.3 Å². The standard InChI is InChI=1S/C22H29N3O2/c1-24(14-12-18-7-4-3-5-8-18)21-11-10-20(15-23-21)22(26)25-13-6-9-19(16-25)17-27-2/h3-5,7-8,10-11,15,19H,6,9,12-14,16-17H2,1-2H3. The molecule has 1 atom stereocenters. The Morgan fingerprint density at radius 3 is 2.78 bits per heavy atom. The molecule has 0 radical (unpaired) electrons. The minimum Gasteiger partial charge on any atom is -0.384 e. The number of nitrogens with zero attached hydrogens (tertiary/aromatic N) is 3. The highest BCUT2D eigenvalue weighted by molar-refractivity contribution is 5.94. The van der Waals surface area contributed by atoms with Crippen molar-refractivity contribution >= 4 is 11.7 Å². The predicted octanol–water partition coefficient (Wildman–Crippen LogP) is 3.26. The van der Waals surface area contributed by atoms with E-state index in [0.717, 1.165) is 44.7 Å². The summed E-state index contributed by atoms with van der Waals surface area (Å²) in [5.41, 5.74) is 1.97. The number of pyridine rings is 1. The van der Waals surface area contributed by atoms with Gasteiger partial charge in [-0.3, -0.25) is 4.79 Å². The molecule has 0 saturated carbocycles. The van der Waals surface area contributed by atoms with Crippen LogP contribution in [-0.4, -0.2) is 56.2 Å². The lowest BCUT2D eigenvalue weighted by Gasteiger charge is -2.32. The third-order valence-corrected chi connectivity index (χ3v) is 5.17. The van der Waals surface area contributed by atoms with Crippen molar-refractivity contribution < 1.29 is 9.53 Å². The summed E-state index contributed by atoms with van der Waals surface area (Å²) in [6.07, 6.45) is 4.83. The third-order valence-electron chi connectivity index (χ3n) is 5.17. The van der Waals surface area contributed by atoms with Crippen LogP contribution in [0.3, 0.4) is 0 Å². The average Bonchev–Trinajstić information content (AvgIpc) is 2.73. The number of hydrogen-bond acceptors (Lipinski definition) is 4. The lowest BCUT2D eigenvalue weighted by Crippen LogP contribution is -2.41. The molecular formula is C22H29N3O2. The fourth-order valence-electron chi connectivity index (χ4n) is 3.60. The van der Waals surface area contributed by atoms with Crippen molar-refractivity contribution in [2.75, 3.05) is 45.3 Å². The maximum atomic E-state index is 12.8. The molecule has 1 aromatic carbocycles. The molecule has 1 aliphatic heterocycles. The van der Waals surface area contributed by atoms with E-state index >= 15 is 0 Å². The quantitative estimate of drug-likeness (QED) is 0.754. The van der Waals surface area contributed by atoms with Crippen molar-refractivity contribution in [1.29, 1.82) is 0 Å². The fraction of sp³-hybridized carbons (Fsp3) is 0.455. The molecule has 1 amide bonds. The summed E-state index contributed by atoms with van der Waals surface area (Å²) >= 11 is 0. The summed E-state index contributed by atoms with van der Waals surface area (Å²) < 4.78 is 5.26. The minimum absolute atomic E-state index is 0.0711. The van der Waals surface area contributed by atoms with Crippen molar-refractivity contribution in [2.45, 2.75) is 19.3 Å². The number of methoxy groups -OCH3 is 1. The first-order chi connectivity index (χ1) is 13.2. The van der Waals surface area contributed by atoms with Gasteiger partial charge in [-0.15, -0.1) is 0 Å². The lowest BCUT2D eigenvalue weighted by atomic mass is 9.98. The summed E-state index contributed by atoms with van der Waals surface area (Å²) in [7, 11) is 3.75. The van der Waals surface area contributed by atoms with Gasteiger partial charge >= 0.3 is 0 Å². The first kappa shape index (κ1) is 19.4. The second kappa shape index (κ2) is 9.51. The van der Waals surface area contributed by atoms with Crippen molar-refractivity contribution in [3.05, 3.63) is 59.8 Å². The summed E-state index contributed by atoms with van der Waals surface area (Å²) in [5.74, 6) is 1.39. The Balaban J connectivity index is 1.56. The van der Waals surface area contributed by atoms with Gasteiger partial charge in [0.1, 0.15) is 5.82 Å². The van der Waals surface area contributed by atoms with Crippen LogP contribution in [-0.2, 0) is 11.2 Å².